The Morgan fingerprint density at radius 2 is 2.18 bits per heavy atom. The summed E-state index contributed by atoms with van der Waals surface area (Å²) in [4.78, 5) is 15.9. The highest BCUT2D eigenvalue weighted by Gasteiger charge is 2.19. The van der Waals surface area contributed by atoms with E-state index >= 15 is 0 Å². The van der Waals surface area contributed by atoms with Crippen LogP contribution < -0.4 is 0 Å². The quantitative estimate of drug-likeness (QED) is 0.675. The van der Waals surface area contributed by atoms with Crippen LogP contribution in [0.4, 0.5) is 4.79 Å². The van der Waals surface area contributed by atoms with Crippen molar-refractivity contribution in [2.24, 2.45) is 0 Å². The molecule has 2 heterocycles. The van der Waals surface area contributed by atoms with Gasteiger partial charge in [-0.1, -0.05) is 11.6 Å². The fraction of sp³-hybridized carbons (Fsp3) is 0.333. The zero-order chi connectivity index (χ0) is 12.6. The van der Waals surface area contributed by atoms with Gasteiger partial charge in [0.1, 0.15) is 10.8 Å². The third-order valence-electron chi connectivity index (χ3n) is 2.13. The number of pyridine rings is 1. The van der Waals surface area contributed by atoms with E-state index in [0.717, 1.165) is 5.39 Å². The van der Waals surface area contributed by atoms with Crippen molar-refractivity contribution in [2.75, 3.05) is 0 Å². The number of halogens is 1. The van der Waals surface area contributed by atoms with E-state index in [9.17, 15) is 4.79 Å². The van der Waals surface area contributed by atoms with Gasteiger partial charge in [-0.3, -0.25) is 4.57 Å². The third-order valence-corrected chi connectivity index (χ3v) is 2.34. The summed E-state index contributed by atoms with van der Waals surface area (Å²) in [6.45, 7) is 5.47. The second kappa shape index (κ2) is 4.04. The Morgan fingerprint density at radius 1 is 1.47 bits per heavy atom. The Morgan fingerprint density at radius 3 is 2.82 bits per heavy atom. The highest BCUT2D eigenvalue weighted by molar-refractivity contribution is 6.30. The van der Waals surface area contributed by atoms with Crippen LogP contribution in [0.5, 0.6) is 0 Å². The van der Waals surface area contributed by atoms with E-state index < -0.39 is 11.7 Å². The summed E-state index contributed by atoms with van der Waals surface area (Å²) in [7, 11) is 0. The van der Waals surface area contributed by atoms with Gasteiger partial charge in [0.25, 0.3) is 0 Å². The van der Waals surface area contributed by atoms with Crippen molar-refractivity contribution in [3.05, 3.63) is 29.7 Å². The fourth-order valence-corrected chi connectivity index (χ4v) is 1.63. The lowest BCUT2D eigenvalue weighted by Crippen LogP contribution is -2.26. The molecule has 0 saturated carbocycles. The van der Waals surface area contributed by atoms with E-state index in [4.69, 9.17) is 16.3 Å². The monoisotopic (exact) mass is 252 g/mol. The molecule has 5 heteroatoms. The number of nitrogens with zero attached hydrogens (tertiary/aromatic N) is 2. The van der Waals surface area contributed by atoms with Crippen molar-refractivity contribution in [2.45, 2.75) is 26.4 Å². The molecule has 4 nitrogen and oxygen atoms in total. The van der Waals surface area contributed by atoms with Gasteiger partial charge in [-0.05, 0) is 26.8 Å². The fourth-order valence-electron chi connectivity index (χ4n) is 1.47. The van der Waals surface area contributed by atoms with Crippen molar-refractivity contribution in [3.63, 3.8) is 0 Å². The second-order valence-electron chi connectivity index (χ2n) is 4.73. The van der Waals surface area contributed by atoms with Gasteiger partial charge in [0, 0.05) is 23.8 Å². The number of carbonyl (C=O) groups excluding carboxylic acids is 1. The van der Waals surface area contributed by atoms with E-state index in [1.807, 2.05) is 20.8 Å². The zero-order valence-electron chi connectivity index (χ0n) is 9.90. The minimum atomic E-state index is -0.523. The average molecular weight is 253 g/mol. The molecule has 0 radical (unpaired) electrons. The van der Waals surface area contributed by atoms with Gasteiger partial charge in [-0.15, -0.1) is 0 Å². The SMILES string of the molecule is CC(C)(C)OC(=O)n1ccc2cnc(Cl)cc21. The minimum Gasteiger partial charge on any atom is -0.443 e. The molecule has 0 bridgehead atoms. The molecular formula is C12H13ClN2O2. The van der Waals surface area contributed by atoms with Crippen LogP contribution >= 0.6 is 11.6 Å². The van der Waals surface area contributed by atoms with Gasteiger partial charge < -0.3 is 4.74 Å². The lowest BCUT2D eigenvalue weighted by molar-refractivity contribution is 0.0544. The van der Waals surface area contributed by atoms with Gasteiger partial charge in [-0.2, -0.15) is 0 Å². The van der Waals surface area contributed by atoms with Gasteiger partial charge >= 0.3 is 6.09 Å². The Kier molecular flexibility index (Phi) is 2.83. The first-order chi connectivity index (χ1) is 7.87. The zero-order valence-corrected chi connectivity index (χ0v) is 10.7. The first-order valence-corrected chi connectivity index (χ1v) is 5.60. The molecular weight excluding hydrogens is 240 g/mol. The van der Waals surface area contributed by atoms with Crippen LogP contribution in [-0.2, 0) is 4.74 Å². The van der Waals surface area contributed by atoms with Crippen LogP contribution in [0.25, 0.3) is 10.9 Å². The highest BCUT2D eigenvalue weighted by atomic mass is 35.5. The standard InChI is InChI=1S/C12H13ClN2O2/c1-12(2,3)17-11(16)15-5-4-8-7-14-10(13)6-9(8)15/h4-7H,1-3H3. The molecule has 0 saturated heterocycles. The molecule has 17 heavy (non-hydrogen) atoms. The molecule has 2 aromatic rings. The maximum absolute atomic E-state index is 11.9. The number of hydrogen-bond acceptors (Lipinski definition) is 3. The Balaban J connectivity index is 2.42. The smallest absolute Gasteiger partial charge is 0.418 e. The summed E-state index contributed by atoms with van der Waals surface area (Å²) < 4.78 is 6.72. The van der Waals surface area contributed by atoms with E-state index in [-0.39, 0.29) is 0 Å². The van der Waals surface area contributed by atoms with E-state index in [1.165, 1.54) is 4.57 Å². The van der Waals surface area contributed by atoms with E-state index in [1.54, 1.807) is 24.5 Å². The number of fused-ring (bicyclic) bond motifs is 1. The second-order valence-corrected chi connectivity index (χ2v) is 5.12. The molecule has 2 rings (SSSR count). The largest absolute Gasteiger partial charge is 0.443 e. The molecule has 0 aliphatic carbocycles. The van der Waals surface area contributed by atoms with E-state index in [0.29, 0.717) is 10.7 Å². The lowest BCUT2D eigenvalue weighted by Gasteiger charge is -2.19. The van der Waals surface area contributed by atoms with Crippen LogP contribution in [0.2, 0.25) is 5.15 Å². The summed E-state index contributed by atoms with van der Waals surface area (Å²) in [5.74, 6) is 0. The Hall–Kier alpha value is -1.55. The van der Waals surface area contributed by atoms with Crippen molar-refractivity contribution in [1.29, 1.82) is 0 Å². The van der Waals surface area contributed by atoms with Crippen molar-refractivity contribution >= 4 is 28.6 Å². The number of ether oxygens (including phenoxy) is 1. The molecule has 0 N–H and O–H groups in total. The maximum Gasteiger partial charge on any atom is 0.418 e. The molecule has 0 unspecified atom stereocenters. The van der Waals surface area contributed by atoms with Crippen LogP contribution in [0, 0.1) is 0 Å². The normalized spacial score (nSPS) is 11.8. The first-order valence-electron chi connectivity index (χ1n) is 5.23. The molecule has 0 fully saturated rings. The molecule has 2 aromatic heterocycles. The molecule has 0 aliphatic heterocycles. The average Bonchev–Trinajstić information content (AvgIpc) is 2.57. The summed E-state index contributed by atoms with van der Waals surface area (Å²) in [6, 6.07) is 3.43. The lowest BCUT2D eigenvalue weighted by atomic mass is 10.2. The summed E-state index contributed by atoms with van der Waals surface area (Å²) >= 11 is 5.81. The van der Waals surface area contributed by atoms with E-state index in [2.05, 4.69) is 4.98 Å². The van der Waals surface area contributed by atoms with Crippen LogP contribution in [-0.4, -0.2) is 21.2 Å². The Bertz CT molecular complexity index is 569. The van der Waals surface area contributed by atoms with Gasteiger partial charge in [0.2, 0.25) is 0 Å². The van der Waals surface area contributed by atoms with Crippen molar-refractivity contribution in [3.8, 4) is 0 Å². The molecule has 90 valence electrons. The van der Waals surface area contributed by atoms with Crippen LogP contribution in [0.1, 0.15) is 20.8 Å². The number of aromatic nitrogens is 2. The van der Waals surface area contributed by atoms with Crippen molar-refractivity contribution < 1.29 is 9.53 Å². The predicted octanol–water partition coefficient (Wildman–Crippen LogP) is 3.47. The molecule has 0 amide bonds. The number of hydrogen-bond donors (Lipinski definition) is 0. The molecule has 0 aromatic carbocycles. The van der Waals surface area contributed by atoms with Gasteiger partial charge in [0.15, 0.2) is 0 Å². The van der Waals surface area contributed by atoms with Crippen LogP contribution in [0.15, 0.2) is 24.5 Å². The van der Waals surface area contributed by atoms with Gasteiger partial charge in [0.05, 0.1) is 5.52 Å². The molecule has 0 spiro atoms. The van der Waals surface area contributed by atoms with Crippen molar-refractivity contribution in [1.82, 2.24) is 9.55 Å². The molecule has 0 aliphatic rings. The van der Waals surface area contributed by atoms with Gasteiger partial charge in [-0.25, -0.2) is 9.78 Å². The van der Waals surface area contributed by atoms with Crippen LogP contribution in [0.3, 0.4) is 0 Å². The maximum atomic E-state index is 11.9. The molecule has 0 atom stereocenters. The summed E-state index contributed by atoms with van der Waals surface area (Å²) in [5.41, 5.74) is 0.170. The number of carbonyl (C=O) groups is 1. The highest BCUT2D eigenvalue weighted by Crippen LogP contribution is 2.19. The predicted molar refractivity (Wildman–Crippen MR) is 66.4 cm³/mol. The summed E-state index contributed by atoms with van der Waals surface area (Å²) in [6.07, 6.45) is 2.85. The Labute approximate surface area is 104 Å². The minimum absolute atomic E-state index is 0.348. The number of rotatable bonds is 0. The topological polar surface area (TPSA) is 44.1 Å². The first kappa shape index (κ1) is 11.9. The third kappa shape index (κ3) is 2.58. The summed E-state index contributed by atoms with van der Waals surface area (Å²) in [5, 5.41) is 1.20.